The van der Waals surface area contributed by atoms with Gasteiger partial charge in [0.1, 0.15) is 11.6 Å². The molecule has 0 radical (unpaired) electrons. The van der Waals surface area contributed by atoms with E-state index in [0.717, 1.165) is 27.7 Å². The third-order valence-corrected chi connectivity index (χ3v) is 5.55. The van der Waals surface area contributed by atoms with Crippen molar-refractivity contribution in [3.63, 3.8) is 0 Å². The third-order valence-electron chi connectivity index (χ3n) is 5.55. The molecule has 0 aliphatic carbocycles. The normalized spacial score (nSPS) is 11.3. The zero-order chi connectivity index (χ0) is 25.0. The van der Waals surface area contributed by atoms with Gasteiger partial charge in [-0.2, -0.15) is 5.10 Å². The highest BCUT2D eigenvalue weighted by atomic mass is 16.6. The Hall–Kier alpha value is -4.33. The number of ether oxygens (including phenoxy) is 1. The molecule has 8 heteroatoms. The van der Waals surface area contributed by atoms with Crippen LogP contribution in [0.5, 0.6) is 5.75 Å². The molecule has 0 bridgehead atoms. The molecule has 0 fully saturated rings. The van der Waals surface area contributed by atoms with E-state index in [9.17, 15) is 14.5 Å². The van der Waals surface area contributed by atoms with E-state index >= 15 is 0 Å². The second kappa shape index (κ2) is 9.89. The van der Waals surface area contributed by atoms with E-state index in [1.807, 2.05) is 87.5 Å². The fourth-order valence-corrected chi connectivity index (χ4v) is 3.60. The maximum absolute atomic E-state index is 12.8. The van der Waals surface area contributed by atoms with Crippen LogP contribution in [0, 0.1) is 4.91 Å². The fourth-order valence-electron chi connectivity index (χ4n) is 3.60. The summed E-state index contributed by atoms with van der Waals surface area (Å²) in [7, 11) is 0. The summed E-state index contributed by atoms with van der Waals surface area (Å²) in [5.41, 5.74) is 2.17. The Morgan fingerprint density at radius 2 is 1.69 bits per heavy atom. The summed E-state index contributed by atoms with van der Waals surface area (Å²) in [4.78, 5) is 34.2. The van der Waals surface area contributed by atoms with Crippen LogP contribution in [0.3, 0.4) is 0 Å². The number of nitroso groups, excluding NO2 is 1. The maximum Gasteiger partial charge on any atom is 0.418 e. The lowest BCUT2D eigenvalue weighted by Crippen LogP contribution is -2.19. The molecular formula is C27H26N4O4. The van der Waals surface area contributed by atoms with Gasteiger partial charge in [-0.3, -0.25) is 10.1 Å². The van der Waals surface area contributed by atoms with Crippen molar-refractivity contribution >= 4 is 28.6 Å². The minimum atomic E-state index is -0.674. The maximum atomic E-state index is 12.8. The molecule has 35 heavy (non-hydrogen) atoms. The summed E-state index contributed by atoms with van der Waals surface area (Å²) < 4.78 is 7.18. The number of nitrogens with zero attached hydrogens (tertiary/aromatic N) is 3. The predicted octanol–water partition coefficient (Wildman–Crippen LogP) is 6.16. The zero-order valence-corrected chi connectivity index (χ0v) is 19.8. The highest BCUT2D eigenvalue weighted by Crippen LogP contribution is 2.27. The number of aromatic nitrogens is 2. The first kappa shape index (κ1) is 23.8. The average molecular weight is 471 g/mol. The number of carbonyl (C=O) groups is 2. The lowest BCUT2D eigenvalue weighted by Gasteiger charge is -2.14. The second-order valence-corrected chi connectivity index (χ2v) is 9.25. The van der Waals surface area contributed by atoms with Gasteiger partial charge in [0, 0.05) is 23.1 Å². The summed E-state index contributed by atoms with van der Waals surface area (Å²) in [5, 5.41) is 12.0. The quantitative estimate of drug-likeness (QED) is 0.340. The molecule has 1 N–H and O–H groups in total. The molecule has 1 heterocycles. The Balaban J connectivity index is 1.55. The number of fused-ring (bicyclic) bond motifs is 1. The van der Waals surface area contributed by atoms with Crippen LogP contribution in [-0.2, 0) is 16.6 Å². The van der Waals surface area contributed by atoms with E-state index in [0.29, 0.717) is 18.0 Å². The summed E-state index contributed by atoms with van der Waals surface area (Å²) >= 11 is 0. The predicted molar refractivity (Wildman–Crippen MR) is 135 cm³/mol. The molecule has 3 aromatic carbocycles. The number of nitrogens with one attached hydrogen (secondary N) is 1. The first-order valence-corrected chi connectivity index (χ1v) is 11.3. The van der Waals surface area contributed by atoms with Gasteiger partial charge in [-0.15, -0.1) is 4.91 Å². The number of carbonyl (C=O) groups excluding carboxylic acids is 2. The van der Waals surface area contributed by atoms with Gasteiger partial charge in [-0.05, 0) is 47.0 Å². The highest BCUT2D eigenvalue weighted by Gasteiger charge is 2.22. The average Bonchev–Trinajstić information content (AvgIpc) is 3.27. The molecule has 0 aliphatic heterocycles. The van der Waals surface area contributed by atoms with Crippen LogP contribution < -0.4 is 10.1 Å². The SMILES string of the molecule is CC(C)(C)c1cc(NC(=O)Oc2ccc3ccccc3c2)n(-c2ccc(CCC(=O)N=O)cc2)n1. The van der Waals surface area contributed by atoms with E-state index < -0.39 is 12.0 Å². The first-order chi connectivity index (χ1) is 16.7. The molecule has 4 aromatic rings. The number of hydrogen-bond acceptors (Lipinski definition) is 5. The first-order valence-electron chi connectivity index (χ1n) is 11.3. The van der Waals surface area contributed by atoms with Crippen LogP contribution >= 0.6 is 0 Å². The monoisotopic (exact) mass is 470 g/mol. The molecule has 0 spiro atoms. The number of anilines is 1. The molecule has 4 rings (SSSR count). The van der Waals surface area contributed by atoms with Crippen LogP contribution in [0.4, 0.5) is 10.6 Å². The third kappa shape index (κ3) is 5.78. The molecule has 0 saturated carbocycles. The topological polar surface area (TPSA) is 103 Å². The van der Waals surface area contributed by atoms with Crippen molar-refractivity contribution < 1.29 is 14.3 Å². The van der Waals surface area contributed by atoms with Crippen molar-refractivity contribution in [3.8, 4) is 11.4 Å². The molecule has 178 valence electrons. The highest BCUT2D eigenvalue weighted by molar-refractivity contribution is 5.88. The summed E-state index contributed by atoms with van der Waals surface area (Å²) in [6.45, 7) is 6.12. The summed E-state index contributed by atoms with van der Waals surface area (Å²) in [6.07, 6.45) is -0.148. The number of benzene rings is 3. The number of aryl methyl sites for hydroxylation is 1. The smallest absolute Gasteiger partial charge is 0.410 e. The molecule has 0 saturated heterocycles. The van der Waals surface area contributed by atoms with Crippen molar-refractivity contribution in [2.24, 2.45) is 5.18 Å². The summed E-state index contributed by atoms with van der Waals surface area (Å²) in [5.74, 6) is 0.230. The Bertz CT molecular complexity index is 1380. The second-order valence-electron chi connectivity index (χ2n) is 9.25. The minimum absolute atomic E-state index is 0.0617. The van der Waals surface area contributed by atoms with Crippen LogP contribution in [-0.4, -0.2) is 21.8 Å². The van der Waals surface area contributed by atoms with E-state index in [4.69, 9.17) is 9.84 Å². The van der Waals surface area contributed by atoms with Gasteiger partial charge < -0.3 is 4.74 Å². The number of rotatable bonds is 6. The van der Waals surface area contributed by atoms with E-state index in [2.05, 4.69) is 10.5 Å². The van der Waals surface area contributed by atoms with Crippen LogP contribution in [0.2, 0.25) is 0 Å². The lowest BCUT2D eigenvalue weighted by molar-refractivity contribution is -0.117. The van der Waals surface area contributed by atoms with Gasteiger partial charge >= 0.3 is 6.09 Å². The van der Waals surface area contributed by atoms with Gasteiger partial charge in [0.2, 0.25) is 0 Å². The van der Waals surface area contributed by atoms with Crippen LogP contribution in [0.25, 0.3) is 16.5 Å². The van der Waals surface area contributed by atoms with Gasteiger partial charge in [-0.1, -0.05) is 63.2 Å². The summed E-state index contributed by atoms with van der Waals surface area (Å²) in [6, 6.07) is 22.5. The molecule has 0 unspecified atom stereocenters. The standard InChI is InChI=1S/C27H26N4O4/c1-27(2,3)23-17-24(28-26(33)35-22-14-11-19-6-4-5-7-20(19)16-22)31(29-23)21-12-8-18(9-13-21)10-15-25(32)30-34/h4-9,11-14,16-17H,10,15H2,1-3H3,(H,28,33). The Morgan fingerprint density at radius 3 is 2.37 bits per heavy atom. The van der Waals surface area contributed by atoms with Crippen molar-refractivity contribution in [1.82, 2.24) is 9.78 Å². The fraction of sp³-hybridized carbons (Fsp3) is 0.222. The van der Waals surface area contributed by atoms with Gasteiger partial charge in [0.15, 0.2) is 0 Å². The van der Waals surface area contributed by atoms with Gasteiger partial charge in [0.25, 0.3) is 5.91 Å². The molecule has 0 atom stereocenters. The molecule has 1 aromatic heterocycles. The number of amides is 2. The molecule has 8 nitrogen and oxygen atoms in total. The van der Waals surface area contributed by atoms with Gasteiger partial charge in [-0.25, -0.2) is 9.48 Å². The van der Waals surface area contributed by atoms with E-state index in [1.54, 1.807) is 10.7 Å². The number of hydrogen-bond donors (Lipinski definition) is 1. The van der Waals surface area contributed by atoms with Gasteiger partial charge in [0.05, 0.1) is 11.4 Å². The van der Waals surface area contributed by atoms with Crippen molar-refractivity contribution in [3.05, 3.63) is 89.0 Å². The van der Waals surface area contributed by atoms with Crippen LogP contribution in [0.15, 0.2) is 78.0 Å². The van der Waals surface area contributed by atoms with E-state index in [1.165, 1.54) is 0 Å². The Morgan fingerprint density at radius 1 is 0.971 bits per heavy atom. The minimum Gasteiger partial charge on any atom is -0.410 e. The van der Waals surface area contributed by atoms with Crippen molar-refractivity contribution in [2.45, 2.75) is 39.0 Å². The largest absolute Gasteiger partial charge is 0.418 e. The van der Waals surface area contributed by atoms with Crippen molar-refractivity contribution in [2.75, 3.05) is 5.32 Å². The lowest BCUT2D eigenvalue weighted by atomic mass is 9.92. The zero-order valence-electron chi connectivity index (χ0n) is 19.8. The van der Waals surface area contributed by atoms with Crippen molar-refractivity contribution in [1.29, 1.82) is 0 Å². The molecule has 2 amide bonds. The van der Waals surface area contributed by atoms with Crippen LogP contribution in [0.1, 0.15) is 38.4 Å². The Kier molecular flexibility index (Phi) is 6.73. The Labute approximate surface area is 202 Å². The molecule has 0 aliphatic rings. The molecular weight excluding hydrogens is 444 g/mol. The van der Waals surface area contributed by atoms with E-state index in [-0.39, 0.29) is 11.8 Å².